The van der Waals surface area contributed by atoms with Gasteiger partial charge in [-0.3, -0.25) is 4.79 Å². The van der Waals surface area contributed by atoms with Crippen LogP contribution < -0.4 is 0 Å². The largest absolute Gasteiger partial charge is 0.378 e. The molecule has 0 aliphatic carbocycles. The fourth-order valence-corrected chi connectivity index (χ4v) is 3.56. The van der Waals surface area contributed by atoms with Crippen molar-refractivity contribution < 1.29 is 14.3 Å². The molecule has 2 aliphatic heterocycles. The van der Waals surface area contributed by atoms with Crippen LogP contribution in [-0.2, 0) is 9.47 Å². The fraction of sp³-hybridized carbons (Fsp3) is 0.600. The van der Waals surface area contributed by atoms with Gasteiger partial charge < -0.3 is 14.4 Å². The van der Waals surface area contributed by atoms with Crippen LogP contribution in [-0.4, -0.2) is 68.4 Å². The number of nitrogens with zero attached hydrogens (tertiary/aromatic N) is 5. The van der Waals surface area contributed by atoms with Crippen molar-refractivity contribution in [3.8, 4) is 0 Å². The van der Waals surface area contributed by atoms with Gasteiger partial charge in [-0.2, -0.15) is 4.52 Å². The highest BCUT2D eigenvalue weighted by Gasteiger charge is 2.48. The number of fused-ring (bicyclic) bond motifs is 1. The number of hydrogen-bond acceptors (Lipinski definition) is 6. The van der Waals surface area contributed by atoms with Gasteiger partial charge in [-0.25, -0.2) is 0 Å². The molecule has 8 nitrogen and oxygen atoms in total. The average molecular weight is 317 g/mol. The molecule has 2 aromatic heterocycles. The lowest BCUT2D eigenvalue weighted by Gasteiger charge is -2.47. The summed E-state index contributed by atoms with van der Waals surface area (Å²) in [6, 6.07) is 3.53. The van der Waals surface area contributed by atoms with Crippen LogP contribution in [0.4, 0.5) is 0 Å². The van der Waals surface area contributed by atoms with Crippen LogP contribution in [0.3, 0.4) is 0 Å². The summed E-state index contributed by atoms with van der Waals surface area (Å²) in [5.74, 6) is -0.0759. The first-order valence-corrected chi connectivity index (χ1v) is 7.72. The first kappa shape index (κ1) is 14.5. The summed E-state index contributed by atoms with van der Waals surface area (Å²) < 4.78 is 13.3. The van der Waals surface area contributed by atoms with E-state index in [0.29, 0.717) is 37.5 Å². The number of pyridine rings is 1. The Kier molecular flexibility index (Phi) is 3.14. The molecule has 1 spiro atoms. The van der Waals surface area contributed by atoms with Gasteiger partial charge in [0.1, 0.15) is 5.60 Å². The molecule has 0 aromatic carbocycles. The van der Waals surface area contributed by atoms with Gasteiger partial charge in [0.25, 0.3) is 5.91 Å². The summed E-state index contributed by atoms with van der Waals surface area (Å²) in [6.45, 7) is 6.25. The number of hydrogen-bond donors (Lipinski definition) is 0. The Bertz CT molecular complexity index is 750. The molecule has 2 saturated heterocycles. The van der Waals surface area contributed by atoms with Crippen LogP contribution in [0, 0.1) is 0 Å². The number of morpholine rings is 1. The molecule has 0 bridgehead atoms. The summed E-state index contributed by atoms with van der Waals surface area (Å²) in [7, 11) is 0. The highest BCUT2D eigenvalue weighted by atomic mass is 16.6. The molecule has 8 heteroatoms. The maximum absolute atomic E-state index is 13.1. The minimum absolute atomic E-state index is 0.0759. The van der Waals surface area contributed by atoms with Crippen LogP contribution in [0.2, 0.25) is 0 Å². The second kappa shape index (κ2) is 4.97. The molecular weight excluding hydrogens is 298 g/mol. The highest BCUT2D eigenvalue weighted by molar-refractivity contribution is 5.99. The zero-order valence-electron chi connectivity index (χ0n) is 13.2. The predicted octanol–water partition coefficient (Wildman–Crippen LogP) is 0.534. The molecule has 0 saturated carbocycles. The monoisotopic (exact) mass is 317 g/mol. The number of ether oxygens (including phenoxy) is 2. The van der Waals surface area contributed by atoms with E-state index in [1.165, 1.54) is 4.52 Å². The smallest absolute Gasteiger partial charge is 0.257 e. The lowest BCUT2D eigenvalue weighted by Crippen LogP contribution is -2.61. The van der Waals surface area contributed by atoms with Crippen LogP contribution in [0.15, 0.2) is 18.3 Å². The van der Waals surface area contributed by atoms with E-state index in [1.807, 2.05) is 18.7 Å². The third kappa shape index (κ3) is 2.47. The number of aromatic nitrogens is 4. The van der Waals surface area contributed by atoms with Crippen molar-refractivity contribution in [2.24, 2.45) is 0 Å². The molecule has 1 unspecified atom stereocenters. The minimum Gasteiger partial charge on any atom is -0.378 e. The number of carbonyl (C=O) groups excluding carboxylic acids is 1. The predicted molar refractivity (Wildman–Crippen MR) is 80.0 cm³/mol. The highest BCUT2D eigenvalue weighted by Crippen LogP contribution is 2.35. The van der Waals surface area contributed by atoms with Crippen molar-refractivity contribution in [3.05, 3.63) is 23.9 Å². The lowest BCUT2D eigenvalue weighted by atomic mass is 9.94. The Labute approximate surface area is 133 Å². The molecule has 2 fully saturated rings. The van der Waals surface area contributed by atoms with Crippen molar-refractivity contribution >= 4 is 11.6 Å². The molecule has 1 amide bonds. The third-order valence-electron chi connectivity index (χ3n) is 4.35. The zero-order chi connectivity index (χ0) is 16.1. The van der Waals surface area contributed by atoms with Gasteiger partial charge in [-0.15, -0.1) is 5.10 Å². The Morgan fingerprint density at radius 1 is 1.35 bits per heavy atom. The van der Waals surface area contributed by atoms with Crippen LogP contribution in [0.5, 0.6) is 0 Å². The van der Waals surface area contributed by atoms with Crippen LogP contribution in [0.1, 0.15) is 30.6 Å². The second-order valence-electron chi connectivity index (χ2n) is 6.88. The molecule has 2 aliphatic rings. The van der Waals surface area contributed by atoms with E-state index in [0.717, 1.165) is 6.42 Å². The molecule has 0 radical (unpaired) electrons. The van der Waals surface area contributed by atoms with E-state index in [2.05, 4.69) is 15.5 Å². The maximum atomic E-state index is 13.1. The summed E-state index contributed by atoms with van der Waals surface area (Å²) in [5, 5.41) is 11.4. The first-order valence-electron chi connectivity index (χ1n) is 7.72. The van der Waals surface area contributed by atoms with E-state index < -0.39 is 11.2 Å². The molecular formula is C15H19N5O3. The van der Waals surface area contributed by atoms with Gasteiger partial charge in [0.2, 0.25) is 0 Å². The number of amides is 1. The van der Waals surface area contributed by atoms with E-state index >= 15 is 0 Å². The van der Waals surface area contributed by atoms with Gasteiger partial charge in [0.05, 0.1) is 24.3 Å². The van der Waals surface area contributed by atoms with Crippen molar-refractivity contribution in [1.82, 2.24) is 24.9 Å². The number of rotatable bonds is 1. The third-order valence-corrected chi connectivity index (χ3v) is 4.35. The summed E-state index contributed by atoms with van der Waals surface area (Å²) in [6.07, 6.45) is 2.53. The Balaban J connectivity index is 1.68. The van der Waals surface area contributed by atoms with Crippen molar-refractivity contribution in [2.75, 3.05) is 26.3 Å². The molecule has 0 N–H and O–H groups in total. The Hall–Kier alpha value is -2.06. The van der Waals surface area contributed by atoms with Gasteiger partial charge in [-0.1, -0.05) is 0 Å². The Morgan fingerprint density at radius 3 is 3.00 bits per heavy atom. The van der Waals surface area contributed by atoms with Crippen molar-refractivity contribution in [2.45, 2.75) is 31.5 Å². The lowest BCUT2D eigenvalue weighted by molar-refractivity contribution is -0.186. The van der Waals surface area contributed by atoms with E-state index in [9.17, 15) is 4.79 Å². The summed E-state index contributed by atoms with van der Waals surface area (Å²) in [5.41, 5.74) is 0.148. The molecule has 122 valence electrons. The van der Waals surface area contributed by atoms with Crippen molar-refractivity contribution in [3.63, 3.8) is 0 Å². The average Bonchev–Trinajstić information content (AvgIpc) is 3.13. The van der Waals surface area contributed by atoms with E-state index in [4.69, 9.17) is 9.47 Å². The fourth-order valence-electron chi connectivity index (χ4n) is 3.56. The van der Waals surface area contributed by atoms with Gasteiger partial charge in [0, 0.05) is 25.8 Å². The number of carbonyl (C=O) groups is 1. The van der Waals surface area contributed by atoms with Crippen LogP contribution in [0.25, 0.3) is 5.65 Å². The van der Waals surface area contributed by atoms with Gasteiger partial charge in [-0.05, 0) is 36.4 Å². The normalized spacial score (nSPS) is 27.0. The first-order chi connectivity index (χ1) is 11.0. The topological polar surface area (TPSA) is 81.9 Å². The second-order valence-corrected chi connectivity index (χ2v) is 6.88. The molecule has 4 rings (SSSR count). The summed E-state index contributed by atoms with van der Waals surface area (Å²) >= 11 is 0. The van der Waals surface area contributed by atoms with Crippen molar-refractivity contribution in [1.29, 1.82) is 0 Å². The zero-order valence-corrected chi connectivity index (χ0v) is 13.2. The molecule has 23 heavy (non-hydrogen) atoms. The molecule has 4 heterocycles. The van der Waals surface area contributed by atoms with E-state index in [-0.39, 0.29) is 5.91 Å². The molecule has 1 atom stereocenters. The molecule has 2 aromatic rings. The Morgan fingerprint density at radius 2 is 2.22 bits per heavy atom. The quantitative estimate of drug-likeness (QED) is 0.763. The van der Waals surface area contributed by atoms with Crippen LogP contribution >= 0.6 is 0 Å². The SMILES string of the molecule is CC1(C)CN(C(=O)c2cccn3nnnc23)CC2(CCOC2)O1. The summed E-state index contributed by atoms with van der Waals surface area (Å²) in [4.78, 5) is 14.9. The van der Waals surface area contributed by atoms with E-state index in [1.54, 1.807) is 18.3 Å². The minimum atomic E-state index is -0.418. The standard InChI is InChI=1S/C15H19N5O3/c1-14(2)8-19(9-15(23-14)5-7-22-10-15)13(21)11-4-3-6-20-12(11)16-17-18-20/h3-4,6H,5,7-10H2,1-2H3. The van der Waals surface area contributed by atoms with Gasteiger partial charge in [0.15, 0.2) is 5.65 Å². The number of tetrazole rings is 1. The van der Waals surface area contributed by atoms with Gasteiger partial charge >= 0.3 is 0 Å². The maximum Gasteiger partial charge on any atom is 0.257 e.